The lowest BCUT2D eigenvalue weighted by atomic mass is 10.0. The second-order valence-electron chi connectivity index (χ2n) is 6.80. The first kappa shape index (κ1) is 18.1. The highest BCUT2D eigenvalue weighted by Gasteiger charge is 2.19. The van der Waals surface area contributed by atoms with Gasteiger partial charge < -0.3 is 10.2 Å². The Morgan fingerprint density at radius 3 is 2.68 bits per heavy atom. The third-order valence-corrected chi connectivity index (χ3v) is 4.85. The molecule has 1 aromatic heterocycles. The zero-order valence-electron chi connectivity index (χ0n) is 15.2. The summed E-state index contributed by atoms with van der Waals surface area (Å²) in [6.45, 7) is 1.05. The summed E-state index contributed by atoms with van der Waals surface area (Å²) < 4.78 is 27.1. The molecule has 0 bridgehead atoms. The summed E-state index contributed by atoms with van der Waals surface area (Å²) >= 11 is 0. The monoisotopic (exact) mass is 379 g/mol. The first-order valence-corrected chi connectivity index (χ1v) is 9.14. The fourth-order valence-electron chi connectivity index (χ4n) is 3.33. The molecule has 1 aliphatic heterocycles. The fraction of sp³-hybridized carbons (Fsp3) is 0.182. The number of para-hydroxylation sites is 1. The molecule has 28 heavy (non-hydrogen) atoms. The molecular formula is C22H19F2N3O. The van der Waals surface area contributed by atoms with E-state index in [4.69, 9.17) is 0 Å². The van der Waals surface area contributed by atoms with E-state index in [1.165, 1.54) is 6.07 Å². The van der Waals surface area contributed by atoms with Crippen LogP contribution in [0.2, 0.25) is 0 Å². The molecule has 1 aliphatic rings. The van der Waals surface area contributed by atoms with E-state index < -0.39 is 11.6 Å². The minimum atomic E-state index is -0.464. The number of hydrogen-bond donors (Lipinski definition) is 1. The van der Waals surface area contributed by atoms with Crippen molar-refractivity contribution in [3.63, 3.8) is 0 Å². The Balaban J connectivity index is 1.39. The van der Waals surface area contributed by atoms with Crippen LogP contribution in [0, 0.1) is 11.6 Å². The van der Waals surface area contributed by atoms with Gasteiger partial charge in [-0.25, -0.2) is 13.6 Å². The average Bonchev–Trinajstić information content (AvgIpc) is 2.71. The van der Waals surface area contributed by atoms with E-state index in [9.17, 15) is 13.6 Å². The molecule has 0 spiro atoms. The molecule has 142 valence electrons. The Bertz CT molecular complexity index is 1050. The Kier molecular flexibility index (Phi) is 5.02. The lowest BCUT2D eigenvalue weighted by Crippen LogP contribution is -2.39. The lowest BCUT2D eigenvalue weighted by molar-refractivity contribution is 0.208. The largest absolute Gasteiger partial charge is 0.324 e. The van der Waals surface area contributed by atoms with Crippen LogP contribution in [0.15, 0.2) is 60.3 Å². The SMILES string of the molecule is O=C(Nc1cnc2ccccc2c1)N1CCC(=Cc2cc(F)ccc2F)CC1. The van der Waals surface area contributed by atoms with Crippen molar-refractivity contribution in [2.75, 3.05) is 18.4 Å². The third-order valence-electron chi connectivity index (χ3n) is 4.85. The van der Waals surface area contributed by atoms with Crippen molar-refractivity contribution in [3.05, 3.63) is 77.5 Å². The van der Waals surface area contributed by atoms with Crippen molar-refractivity contribution < 1.29 is 13.6 Å². The zero-order chi connectivity index (χ0) is 19.5. The maximum absolute atomic E-state index is 13.8. The number of nitrogens with zero attached hydrogens (tertiary/aromatic N) is 2. The highest BCUT2D eigenvalue weighted by Crippen LogP contribution is 2.22. The Morgan fingerprint density at radius 1 is 1.07 bits per heavy atom. The number of hydrogen-bond acceptors (Lipinski definition) is 2. The quantitative estimate of drug-likeness (QED) is 0.663. The molecule has 1 saturated heterocycles. The van der Waals surface area contributed by atoms with Crippen LogP contribution in [0.3, 0.4) is 0 Å². The molecule has 2 heterocycles. The van der Waals surface area contributed by atoms with Gasteiger partial charge in [-0.05, 0) is 43.2 Å². The molecule has 4 rings (SSSR count). The van der Waals surface area contributed by atoms with E-state index in [0.717, 1.165) is 28.6 Å². The predicted octanol–water partition coefficient (Wildman–Crippen LogP) is 5.22. The number of fused-ring (bicyclic) bond motifs is 1. The average molecular weight is 379 g/mol. The third kappa shape index (κ3) is 4.01. The summed E-state index contributed by atoms with van der Waals surface area (Å²) in [5.74, 6) is -0.910. The molecule has 0 saturated carbocycles. The van der Waals surface area contributed by atoms with Crippen LogP contribution in [-0.2, 0) is 0 Å². The summed E-state index contributed by atoms with van der Waals surface area (Å²) in [4.78, 5) is 18.6. The van der Waals surface area contributed by atoms with Crippen LogP contribution in [0.5, 0.6) is 0 Å². The topological polar surface area (TPSA) is 45.2 Å². The molecular weight excluding hydrogens is 360 g/mol. The van der Waals surface area contributed by atoms with Crippen LogP contribution < -0.4 is 5.32 Å². The summed E-state index contributed by atoms with van der Waals surface area (Å²) in [7, 11) is 0. The molecule has 1 fully saturated rings. The highest BCUT2D eigenvalue weighted by molar-refractivity contribution is 5.92. The minimum Gasteiger partial charge on any atom is -0.324 e. The molecule has 3 aromatic rings. The molecule has 0 unspecified atom stereocenters. The molecule has 0 radical (unpaired) electrons. The molecule has 2 amide bonds. The van der Waals surface area contributed by atoms with Crippen molar-refractivity contribution in [1.29, 1.82) is 0 Å². The first-order chi connectivity index (χ1) is 13.6. The maximum Gasteiger partial charge on any atom is 0.321 e. The minimum absolute atomic E-state index is 0.187. The second kappa shape index (κ2) is 7.76. The Morgan fingerprint density at radius 2 is 1.86 bits per heavy atom. The van der Waals surface area contributed by atoms with Crippen molar-refractivity contribution in [1.82, 2.24) is 9.88 Å². The van der Waals surface area contributed by atoms with Gasteiger partial charge in [0.25, 0.3) is 0 Å². The number of carbonyl (C=O) groups is 1. The van der Waals surface area contributed by atoms with Gasteiger partial charge in [-0.15, -0.1) is 0 Å². The lowest BCUT2D eigenvalue weighted by Gasteiger charge is -2.28. The van der Waals surface area contributed by atoms with E-state index in [0.29, 0.717) is 31.6 Å². The smallest absolute Gasteiger partial charge is 0.321 e. The van der Waals surface area contributed by atoms with Gasteiger partial charge in [0.05, 0.1) is 17.4 Å². The van der Waals surface area contributed by atoms with Gasteiger partial charge in [0.15, 0.2) is 0 Å². The molecule has 6 heteroatoms. The number of urea groups is 1. The predicted molar refractivity (Wildman–Crippen MR) is 106 cm³/mol. The van der Waals surface area contributed by atoms with Crippen LogP contribution >= 0.6 is 0 Å². The fourth-order valence-corrected chi connectivity index (χ4v) is 3.33. The summed E-state index contributed by atoms with van der Waals surface area (Å²) in [5, 5.41) is 3.84. The molecule has 0 aliphatic carbocycles. The van der Waals surface area contributed by atoms with Gasteiger partial charge in [-0.1, -0.05) is 29.8 Å². The number of rotatable bonds is 2. The number of halogens is 2. The Labute approximate surface area is 161 Å². The second-order valence-corrected chi connectivity index (χ2v) is 6.80. The molecule has 0 atom stereocenters. The first-order valence-electron chi connectivity index (χ1n) is 9.14. The van der Waals surface area contributed by atoms with E-state index in [2.05, 4.69) is 10.3 Å². The molecule has 1 N–H and O–H groups in total. The van der Waals surface area contributed by atoms with E-state index in [1.54, 1.807) is 17.2 Å². The number of aromatic nitrogens is 1. The van der Waals surface area contributed by atoms with Crippen molar-refractivity contribution >= 4 is 28.7 Å². The van der Waals surface area contributed by atoms with Crippen molar-refractivity contribution in [2.45, 2.75) is 12.8 Å². The number of nitrogens with one attached hydrogen (secondary N) is 1. The number of anilines is 1. The van der Waals surface area contributed by atoms with Crippen molar-refractivity contribution in [3.8, 4) is 0 Å². The van der Waals surface area contributed by atoms with Gasteiger partial charge in [0.2, 0.25) is 0 Å². The number of carbonyl (C=O) groups excluding carboxylic acids is 1. The van der Waals surface area contributed by atoms with Crippen LogP contribution in [-0.4, -0.2) is 29.0 Å². The number of likely N-dealkylation sites (tertiary alicyclic amines) is 1. The highest BCUT2D eigenvalue weighted by atomic mass is 19.1. The summed E-state index contributed by atoms with van der Waals surface area (Å²) in [6.07, 6.45) is 4.57. The summed E-state index contributed by atoms with van der Waals surface area (Å²) in [5.41, 5.74) is 2.76. The van der Waals surface area contributed by atoms with E-state index in [1.807, 2.05) is 30.3 Å². The summed E-state index contributed by atoms with van der Waals surface area (Å²) in [6, 6.07) is 12.8. The number of pyridine rings is 1. The Hall–Kier alpha value is -3.28. The van der Waals surface area contributed by atoms with E-state index in [-0.39, 0.29) is 11.6 Å². The standard InChI is InChI=1S/C22H19F2N3O/c23-18-5-6-20(24)17(12-18)11-15-7-9-27(10-8-15)22(28)26-19-13-16-3-1-2-4-21(16)25-14-19/h1-6,11-14H,7-10H2,(H,26,28). The van der Waals surface area contributed by atoms with Gasteiger partial charge in [0, 0.05) is 24.0 Å². The number of amides is 2. The maximum atomic E-state index is 13.8. The molecule has 2 aromatic carbocycles. The van der Waals surface area contributed by atoms with Gasteiger partial charge in [-0.3, -0.25) is 4.98 Å². The van der Waals surface area contributed by atoms with E-state index >= 15 is 0 Å². The van der Waals surface area contributed by atoms with Crippen LogP contribution in [0.4, 0.5) is 19.3 Å². The number of benzene rings is 2. The molecule has 4 nitrogen and oxygen atoms in total. The van der Waals surface area contributed by atoms with Crippen LogP contribution in [0.1, 0.15) is 18.4 Å². The van der Waals surface area contributed by atoms with Gasteiger partial charge >= 0.3 is 6.03 Å². The van der Waals surface area contributed by atoms with Crippen LogP contribution in [0.25, 0.3) is 17.0 Å². The van der Waals surface area contributed by atoms with Crippen molar-refractivity contribution in [2.24, 2.45) is 0 Å². The zero-order valence-corrected chi connectivity index (χ0v) is 15.2. The van der Waals surface area contributed by atoms with Gasteiger partial charge in [-0.2, -0.15) is 0 Å². The van der Waals surface area contributed by atoms with Gasteiger partial charge in [0.1, 0.15) is 11.6 Å². The number of piperidine rings is 1. The normalized spacial score (nSPS) is 14.2.